The maximum atomic E-state index is 12.3. The number of fused-ring (bicyclic) bond motifs is 1. The van der Waals surface area contributed by atoms with Gasteiger partial charge < -0.3 is 5.11 Å². The van der Waals surface area contributed by atoms with Gasteiger partial charge in [-0.2, -0.15) is 0 Å². The summed E-state index contributed by atoms with van der Waals surface area (Å²) in [4.78, 5) is 17.6. The second-order valence-corrected chi connectivity index (χ2v) is 6.00. The largest absolute Gasteiger partial charge is 0.506 e. The first kappa shape index (κ1) is 13.6. The molecule has 1 amide bonds. The first-order valence-corrected chi connectivity index (χ1v) is 7.34. The number of anilines is 1. The summed E-state index contributed by atoms with van der Waals surface area (Å²) in [5, 5.41) is 15.1. The van der Waals surface area contributed by atoms with E-state index in [-0.39, 0.29) is 17.2 Å². The molecule has 5 heteroatoms. The van der Waals surface area contributed by atoms with Crippen LogP contribution < -0.4 is 5.32 Å². The number of phenolic OH excluding ortho intramolecular Hbond substituents is 1. The van der Waals surface area contributed by atoms with Crippen molar-refractivity contribution >= 4 is 33.1 Å². The van der Waals surface area contributed by atoms with Crippen LogP contribution in [-0.2, 0) is 0 Å². The molecule has 0 fully saturated rings. The molecule has 1 heterocycles. The number of aromatic hydroxyl groups is 1. The number of hydrogen-bond donors (Lipinski definition) is 2. The number of aromatic nitrogens is 1. The Morgan fingerprint density at radius 3 is 2.67 bits per heavy atom. The molecule has 2 aromatic carbocycles. The number of amides is 1. The van der Waals surface area contributed by atoms with Crippen molar-refractivity contribution < 1.29 is 9.90 Å². The van der Waals surface area contributed by atoms with Crippen molar-refractivity contribution in [2.45, 2.75) is 13.8 Å². The summed E-state index contributed by atoms with van der Waals surface area (Å²) in [7, 11) is 0. The molecule has 0 spiro atoms. The molecule has 21 heavy (non-hydrogen) atoms. The van der Waals surface area contributed by atoms with E-state index in [9.17, 15) is 9.90 Å². The first-order chi connectivity index (χ1) is 10.1. The topological polar surface area (TPSA) is 62.2 Å². The van der Waals surface area contributed by atoms with Crippen molar-refractivity contribution in [2.24, 2.45) is 0 Å². The molecule has 3 rings (SSSR count). The van der Waals surface area contributed by atoms with E-state index in [0.29, 0.717) is 10.5 Å². The Balaban J connectivity index is 1.96. The predicted molar refractivity (Wildman–Crippen MR) is 85.2 cm³/mol. The summed E-state index contributed by atoms with van der Waals surface area (Å²) in [6.45, 7) is 3.85. The van der Waals surface area contributed by atoms with E-state index in [1.807, 2.05) is 38.1 Å². The fraction of sp³-hybridized carbons (Fsp3) is 0.125. The lowest BCUT2D eigenvalue weighted by Crippen LogP contribution is -2.12. The van der Waals surface area contributed by atoms with Crippen LogP contribution in [0, 0.1) is 13.8 Å². The zero-order chi connectivity index (χ0) is 15.0. The number of carbonyl (C=O) groups excluding carboxylic acids is 1. The number of rotatable bonds is 2. The number of aryl methyl sites for hydroxylation is 2. The third-order valence-electron chi connectivity index (χ3n) is 3.39. The second-order valence-electron chi connectivity index (χ2n) is 4.80. The maximum Gasteiger partial charge on any atom is 0.261 e. The second kappa shape index (κ2) is 5.18. The van der Waals surface area contributed by atoms with Crippen LogP contribution in [0.15, 0.2) is 36.4 Å². The Morgan fingerprint density at radius 1 is 1.19 bits per heavy atom. The number of hydrogen-bond acceptors (Lipinski definition) is 4. The summed E-state index contributed by atoms with van der Waals surface area (Å²) in [5.41, 5.74) is 1.15. The van der Waals surface area contributed by atoms with Gasteiger partial charge in [-0.1, -0.05) is 30.3 Å². The molecule has 106 valence electrons. The van der Waals surface area contributed by atoms with E-state index in [1.54, 1.807) is 12.1 Å². The molecule has 0 aliphatic carbocycles. The van der Waals surface area contributed by atoms with Crippen LogP contribution in [0.4, 0.5) is 5.13 Å². The highest BCUT2D eigenvalue weighted by molar-refractivity contribution is 7.15. The number of carbonyl (C=O) groups is 1. The minimum atomic E-state index is -0.355. The van der Waals surface area contributed by atoms with Crippen LogP contribution in [0.5, 0.6) is 5.75 Å². The molecule has 4 nitrogen and oxygen atoms in total. The minimum Gasteiger partial charge on any atom is -0.506 e. The van der Waals surface area contributed by atoms with Crippen molar-refractivity contribution in [3.8, 4) is 5.75 Å². The monoisotopic (exact) mass is 298 g/mol. The molecule has 0 unspecified atom stereocenters. The fourth-order valence-electron chi connectivity index (χ4n) is 2.13. The molecule has 0 aliphatic heterocycles. The Kier molecular flexibility index (Phi) is 3.35. The van der Waals surface area contributed by atoms with E-state index in [1.165, 1.54) is 11.3 Å². The number of thiazole rings is 1. The Bertz CT molecular complexity index is 820. The Morgan fingerprint density at radius 2 is 1.95 bits per heavy atom. The number of benzene rings is 2. The highest BCUT2D eigenvalue weighted by Gasteiger charge is 2.15. The van der Waals surface area contributed by atoms with E-state index in [0.717, 1.165) is 16.0 Å². The third kappa shape index (κ3) is 2.48. The molecule has 2 N–H and O–H groups in total. The van der Waals surface area contributed by atoms with Crippen molar-refractivity contribution in [2.75, 3.05) is 5.32 Å². The summed E-state index contributed by atoms with van der Waals surface area (Å²) in [6, 6.07) is 10.9. The van der Waals surface area contributed by atoms with Crippen LogP contribution in [-0.4, -0.2) is 16.0 Å². The van der Waals surface area contributed by atoms with Gasteiger partial charge in [0.15, 0.2) is 5.13 Å². The first-order valence-electron chi connectivity index (χ1n) is 6.52. The molecule has 0 saturated heterocycles. The fourth-order valence-corrected chi connectivity index (χ4v) is 2.94. The van der Waals surface area contributed by atoms with Gasteiger partial charge in [0.1, 0.15) is 5.75 Å². The number of phenols is 1. The smallest absolute Gasteiger partial charge is 0.261 e. The Labute approximate surface area is 126 Å². The number of nitrogens with one attached hydrogen (secondary N) is 1. The van der Waals surface area contributed by atoms with Crippen molar-refractivity contribution in [3.63, 3.8) is 0 Å². The molecule has 0 aliphatic rings. The van der Waals surface area contributed by atoms with Gasteiger partial charge in [0.05, 0.1) is 11.3 Å². The molecular weight excluding hydrogens is 284 g/mol. The maximum absolute atomic E-state index is 12.3. The molecule has 0 radical (unpaired) electrons. The van der Waals surface area contributed by atoms with E-state index in [2.05, 4.69) is 10.3 Å². The van der Waals surface area contributed by atoms with E-state index in [4.69, 9.17) is 0 Å². The van der Waals surface area contributed by atoms with E-state index < -0.39 is 0 Å². The average Bonchev–Trinajstić information content (AvgIpc) is 2.77. The normalized spacial score (nSPS) is 10.8. The zero-order valence-corrected chi connectivity index (χ0v) is 12.5. The van der Waals surface area contributed by atoms with Gasteiger partial charge in [0, 0.05) is 10.3 Å². The summed E-state index contributed by atoms with van der Waals surface area (Å²) in [5.74, 6) is -0.359. The van der Waals surface area contributed by atoms with Gasteiger partial charge in [-0.3, -0.25) is 10.1 Å². The van der Waals surface area contributed by atoms with Crippen LogP contribution in [0.2, 0.25) is 0 Å². The SMILES string of the molecule is Cc1nc(NC(=O)c2ccc3ccccc3c2O)sc1C. The van der Waals surface area contributed by atoms with Gasteiger partial charge in [0.2, 0.25) is 0 Å². The van der Waals surface area contributed by atoms with Gasteiger partial charge in [0.25, 0.3) is 5.91 Å². The van der Waals surface area contributed by atoms with Crippen LogP contribution in [0.3, 0.4) is 0 Å². The van der Waals surface area contributed by atoms with Crippen LogP contribution >= 0.6 is 11.3 Å². The molecule has 0 bridgehead atoms. The molecule has 0 atom stereocenters. The lowest BCUT2D eigenvalue weighted by Gasteiger charge is -2.07. The predicted octanol–water partition coefficient (Wildman–Crippen LogP) is 3.87. The standard InChI is InChI=1S/C16H14N2O2S/c1-9-10(2)21-16(17-9)18-15(20)13-8-7-11-5-3-4-6-12(11)14(13)19/h3-8,19H,1-2H3,(H,17,18,20). The van der Waals surface area contributed by atoms with Gasteiger partial charge in [-0.15, -0.1) is 11.3 Å². The van der Waals surface area contributed by atoms with Gasteiger partial charge in [-0.05, 0) is 25.3 Å². The highest BCUT2D eigenvalue weighted by atomic mass is 32.1. The van der Waals surface area contributed by atoms with Crippen LogP contribution in [0.1, 0.15) is 20.9 Å². The summed E-state index contributed by atoms with van der Waals surface area (Å²) >= 11 is 1.42. The van der Waals surface area contributed by atoms with E-state index >= 15 is 0 Å². The van der Waals surface area contributed by atoms with Gasteiger partial charge in [-0.25, -0.2) is 4.98 Å². The molecular formula is C16H14N2O2S. The Hall–Kier alpha value is -2.40. The highest BCUT2D eigenvalue weighted by Crippen LogP contribution is 2.29. The molecule has 0 saturated carbocycles. The quantitative estimate of drug-likeness (QED) is 0.755. The van der Waals surface area contributed by atoms with Crippen LogP contribution in [0.25, 0.3) is 10.8 Å². The van der Waals surface area contributed by atoms with Crippen molar-refractivity contribution in [3.05, 3.63) is 52.5 Å². The van der Waals surface area contributed by atoms with Gasteiger partial charge >= 0.3 is 0 Å². The molecule has 3 aromatic rings. The lowest BCUT2D eigenvalue weighted by molar-refractivity contribution is 0.102. The lowest BCUT2D eigenvalue weighted by atomic mass is 10.1. The van der Waals surface area contributed by atoms with Crippen molar-refractivity contribution in [1.82, 2.24) is 4.98 Å². The number of nitrogens with zero attached hydrogens (tertiary/aromatic N) is 1. The summed E-state index contributed by atoms with van der Waals surface area (Å²) in [6.07, 6.45) is 0. The average molecular weight is 298 g/mol. The zero-order valence-electron chi connectivity index (χ0n) is 11.7. The van der Waals surface area contributed by atoms with Crippen molar-refractivity contribution in [1.29, 1.82) is 0 Å². The summed E-state index contributed by atoms with van der Waals surface area (Å²) < 4.78 is 0. The third-order valence-corrected chi connectivity index (χ3v) is 4.38. The minimum absolute atomic E-state index is 0.00407. The molecule has 1 aromatic heterocycles.